The van der Waals surface area contributed by atoms with Gasteiger partial charge in [-0.3, -0.25) is 9.58 Å². The first-order chi connectivity index (χ1) is 22.7. The minimum Gasteiger partial charge on any atom is -0.486 e. The summed E-state index contributed by atoms with van der Waals surface area (Å²) >= 11 is 0. The molecule has 0 radical (unpaired) electrons. The van der Waals surface area contributed by atoms with E-state index >= 15 is 0 Å². The van der Waals surface area contributed by atoms with Crippen molar-refractivity contribution in [3.05, 3.63) is 113 Å². The van der Waals surface area contributed by atoms with E-state index < -0.39 is 0 Å². The minimum absolute atomic E-state index is 0.0964. The number of aryl methyl sites for hydroxylation is 1. The Kier molecular flexibility index (Phi) is 8.18. The smallest absolute Gasteiger partial charge is 0.341 e. The molecule has 47 heavy (non-hydrogen) atoms. The Balaban J connectivity index is 1.19. The lowest BCUT2D eigenvalue weighted by molar-refractivity contribution is 0.0523. The molecule has 5 aromatic rings. The Bertz CT molecular complexity index is 1910. The number of nitrogens with zero attached hydrogens (tertiary/aromatic N) is 6. The van der Waals surface area contributed by atoms with E-state index in [2.05, 4.69) is 103 Å². The van der Waals surface area contributed by atoms with Crippen molar-refractivity contribution in [3.63, 3.8) is 0 Å². The van der Waals surface area contributed by atoms with E-state index in [1.165, 1.54) is 11.1 Å². The Morgan fingerprint density at radius 3 is 2.55 bits per heavy atom. The second-order valence-corrected chi connectivity index (χ2v) is 13.3. The monoisotopic (exact) mass is 630 g/mol. The van der Waals surface area contributed by atoms with Crippen LogP contribution in [-0.2, 0) is 18.3 Å². The van der Waals surface area contributed by atoms with Crippen molar-refractivity contribution >= 4 is 5.97 Å². The molecule has 0 saturated heterocycles. The largest absolute Gasteiger partial charge is 0.486 e. The van der Waals surface area contributed by atoms with Crippen molar-refractivity contribution in [1.29, 1.82) is 0 Å². The number of carbonyl (C=O) groups is 1. The number of hydrogen-bond acceptors (Lipinski definition) is 7. The van der Waals surface area contributed by atoms with Crippen LogP contribution in [0, 0.1) is 0 Å². The number of para-hydroxylation sites is 1. The van der Waals surface area contributed by atoms with Gasteiger partial charge in [-0.15, -0.1) is 5.10 Å². The van der Waals surface area contributed by atoms with Crippen LogP contribution in [0.2, 0.25) is 0 Å². The quantitative estimate of drug-likeness (QED) is 0.159. The fourth-order valence-corrected chi connectivity index (χ4v) is 7.17. The third kappa shape index (κ3) is 6.20. The van der Waals surface area contributed by atoms with Gasteiger partial charge < -0.3 is 9.47 Å². The number of carbonyl (C=O) groups excluding carboxylic acids is 1. The zero-order valence-corrected chi connectivity index (χ0v) is 27.8. The number of esters is 1. The van der Waals surface area contributed by atoms with E-state index in [9.17, 15) is 4.79 Å². The standard InChI is InChI=1S/C38H42N6O3/c1-6-34-29-16-8-9-17-35(29)47-38(3,4)24-43(34)22-25-12-10-13-26(18-25)27-14-11-15-28(19-27)44-36(32(21-39-44)37(45)46-7-2)31-20-30(31)33-23-42(5)41-40-33/h8-19,21,23,30-31,34H,6-7,20,22,24H2,1-5H3/t30-,31-,34-/m1/s1. The van der Waals surface area contributed by atoms with E-state index in [0.717, 1.165) is 59.9 Å². The number of hydrogen-bond donors (Lipinski definition) is 0. The van der Waals surface area contributed by atoms with Crippen molar-refractivity contribution in [1.82, 2.24) is 29.7 Å². The van der Waals surface area contributed by atoms with Gasteiger partial charge in [-0.2, -0.15) is 5.10 Å². The number of aromatic nitrogens is 5. The molecular weight excluding hydrogens is 588 g/mol. The molecular formula is C38H42N6O3. The average molecular weight is 631 g/mol. The predicted octanol–water partition coefficient (Wildman–Crippen LogP) is 7.24. The topological polar surface area (TPSA) is 87.3 Å². The molecule has 242 valence electrons. The highest BCUT2D eigenvalue weighted by Crippen LogP contribution is 2.55. The molecule has 3 aromatic carbocycles. The van der Waals surface area contributed by atoms with Crippen molar-refractivity contribution in [2.24, 2.45) is 7.05 Å². The van der Waals surface area contributed by atoms with Crippen LogP contribution in [0.25, 0.3) is 16.8 Å². The number of ether oxygens (including phenoxy) is 2. The Morgan fingerprint density at radius 1 is 1.00 bits per heavy atom. The third-order valence-electron chi connectivity index (χ3n) is 9.26. The molecule has 7 rings (SSSR count). The molecule has 1 fully saturated rings. The van der Waals surface area contributed by atoms with Crippen molar-refractivity contribution < 1.29 is 14.3 Å². The van der Waals surface area contributed by atoms with Crippen LogP contribution in [0.4, 0.5) is 0 Å². The van der Waals surface area contributed by atoms with Gasteiger partial charge in [-0.05, 0) is 74.6 Å². The van der Waals surface area contributed by atoms with E-state index in [1.807, 2.05) is 30.9 Å². The van der Waals surface area contributed by atoms with Crippen molar-refractivity contribution in [2.75, 3.05) is 13.2 Å². The first-order valence-corrected chi connectivity index (χ1v) is 16.6. The van der Waals surface area contributed by atoms with Crippen LogP contribution in [-0.4, -0.2) is 54.4 Å². The second-order valence-electron chi connectivity index (χ2n) is 13.3. The summed E-state index contributed by atoms with van der Waals surface area (Å²) in [6.45, 7) is 10.4. The molecule has 0 spiro atoms. The van der Waals surface area contributed by atoms with Gasteiger partial charge in [0, 0.05) is 49.8 Å². The van der Waals surface area contributed by atoms with Gasteiger partial charge in [0.2, 0.25) is 0 Å². The summed E-state index contributed by atoms with van der Waals surface area (Å²) in [4.78, 5) is 15.6. The highest BCUT2D eigenvalue weighted by atomic mass is 16.5. The third-order valence-corrected chi connectivity index (χ3v) is 9.26. The second kappa shape index (κ2) is 12.4. The summed E-state index contributed by atoms with van der Waals surface area (Å²) < 4.78 is 15.6. The van der Waals surface area contributed by atoms with Crippen molar-refractivity contribution in [3.8, 4) is 22.6 Å². The molecule has 1 aliphatic carbocycles. The van der Waals surface area contributed by atoms with E-state index in [-0.39, 0.29) is 29.4 Å². The number of fused-ring (bicyclic) bond motifs is 1. The zero-order chi connectivity index (χ0) is 32.7. The van der Waals surface area contributed by atoms with Crippen LogP contribution < -0.4 is 4.74 Å². The molecule has 0 bridgehead atoms. The summed E-state index contributed by atoms with van der Waals surface area (Å²) in [6.07, 6.45) is 5.46. The molecule has 3 heterocycles. The Morgan fingerprint density at radius 2 is 1.79 bits per heavy atom. The maximum atomic E-state index is 13.0. The van der Waals surface area contributed by atoms with Crippen LogP contribution in [0.3, 0.4) is 0 Å². The summed E-state index contributed by atoms with van der Waals surface area (Å²) in [6, 6.07) is 25.9. The van der Waals surface area contributed by atoms with Gasteiger partial charge in [-0.1, -0.05) is 60.7 Å². The maximum Gasteiger partial charge on any atom is 0.341 e. The van der Waals surface area contributed by atoms with Crippen LogP contribution in [0.15, 0.2) is 85.2 Å². The van der Waals surface area contributed by atoms with Gasteiger partial charge in [0.15, 0.2) is 0 Å². The fraction of sp³-hybridized carbons (Fsp3) is 0.368. The van der Waals surface area contributed by atoms with Crippen LogP contribution in [0.1, 0.15) is 91.3 Å². The van der Waals surface area contributed by atoms with Gasteiger partial charge >= 0.3 is 5.97 Å². The lowest BCUT2D eigenvalue weighted by Crippen LogP contribution is -2.41. The average Bonchev–Trinajstić information content (AvgIpc) is 3.54. The molecule has 2 aliphatic rings. The highest BCUT2D eigenvalue weighted by molar-refractivity contribution is 5.91. The molecule has 0 amide bonds. The van der Waals surface area contributed by atoms with Gasteiger partial charge in [0.05, 0.1) is 29.9 Å². The van der Waals surface area contributed by atoms with Crippen LogP contribution in [0.5, 0.6) is 5.75 Å². The molecule has 1 saturated carbocycles. The molecule has 3 atom stereocenters. The van der Waals surface area contributed by atoms with E-state index in [1.54, 1.807) is 10.9 Å². The highest BCUT2D eigenvalue weighted by Gasteiger charge is 2.46. The molecule has 2 aromatic heterocycles. The Hall–Kier alpha value is -4.76. The SMILES string of the molecule is CCOC(=O)c1cnn(-c2cccc(-c3cccc(CN4CC(C)(C)Oc5ccccc5[C@H]4CC)c3)c2)c1[C@@H]1C[C@H]1c1cn(C)nn1. The normalized spacial score (nSPS) is 20.2. The molecule has 9 nitrogen and oxygen atoms in total. The van der Waals surface area contributed by atoms with Crippen molar-refractivity contribution in [2.45, 2.75) is 70.6 Å². The Labute approximate surface area is 276 Å². The predicted molar refractivity (Wildman–Crippen MR) is 181 cm³/mol. The van der Waals surface area contributed by atoms with E-state index in [4.69, 9.17) is 14.6 Å². The molecule has 1 aliphatic heterocycles. The number of rotatable bonds is 9. The first-order valence-electron chi connectivity index (χ1n) is 16.6. The molecule has 0 N–H and O–H groups in total. The summed E-state index contributed by atoms with van der Waals surface area (Å²) in [7, 11) is 1.87. The van der Waals surface area contributed by atoms with Gasteiger partial charge in [-0.25, -0.2) is 9.48 Å². The lowest BCUT2D eigenvalue weighted by atomic mass is 9.99. The molecule has 0 unspecified atom stereocenters. The maximum absolute atomic E-state index is 13.0. The summed E-state index contributed by atoms with van der Waals surface area (Å²) in [5.74, 6) is 0.910. The van der Waals surface area contributed by atoms with Crippen LogP contribution >= 0.6 is 0 Å². The zero-order valence-electron chi connectivity index (χ0n) is 27.8. The lowest BCUT2D eigenvalue weighted by Gasteiger charge is -2.33. The van der Waals surface area contributed by atoms with E-state index in [0.29, 0.717) is 12.2 Å². The number of benzene rings is 3. The fourth-order valence-electron chi connectivity index (χ4n) is 7.17. The summed E-state index contributed by atoms with van der Waals surface area (Å²) in [5.41, 5.74) is 7.59. The minimum atomic E-state index is -0.350. The van der Waals surface area contributed by atoms with Gasteiger partial charge in [0.25, 0.3) is 0 Å². The summed E-state index contributed by atoms with van der Waals surface area (Å²) in [5, 5.41) is 13.2. The molecule has 9 heteroatoms. The first kappa shape index (κ1) is 30.9. The van der Waals surface area contributed by atoms with Gasteiger partial charge in [0.1, 0.15) is 16.9 Å².